The number of nitrogens with two attached hydrogens (primary N) is 1. The lowest BCUT2D eigenvalue weighted by atomic mass is 10.2. The highest BCUT2D eigenvalue weighted by molar-refractivity contribution is 7.99. The van der Waals surface area contributed by atoms with Gasteiger partial charge in [0.2, 0.25) is 11.9 Å². The van der Waals surface area contributed by atoms with Gasteiger partial charge in [0.25, 0.3) is 0 Å². The number of thiophene rings is 1. The highest BCUT2D eigenvalue weighted by Crippen LogP contribution is 2.36. The van der Waals surface area contributed by atoms with Crippen molar-refractivity contribution in [2.24, 2.45) is 0 Å². The summed E-state index contributed by atoms with van der Waals surface area (Å²) in [6.45, 7) is 1.95. The van der Waals surface area contributed by atoms with Gasteiger partial charge in [-0.3, -0.25) is 5.21 Å². The maximum absolute atomic E-state index is 10.4. The molecule has 0 saturated carbocycles. The molecule has 0 atom stereocenters. The van der Waals surface area contributed by atoms with Crippen molar-refractivity contribution in [1.82, 2.24) is 19.2 Å². The largest absolute Gasteiger partial charge is 0.367 e. The second-order valence-corrected chi connectivity index (χ2v) is 8.70. The summed E-state index contributed by atoms with van der Waals surface area (Å²) in [4.78, 5) is 9.55. The van der Waals surface area contributed by atoms with Crippen LogP contribution in [0.5, 0.6) is 0 Å². The van der Waals surface area contributed by atoms with E-state index in [1.807, 2.05) is 18.4 Å². The summed E-state index contributed by atoms with van der Waals surface area (Å²) in [6, 6.07) is 12.6. The van der Waals surface area contributed by atoms with E-state index in [1.54, 1.807) is 41.7 Å². The van der Waals surface area contributed by atoms with Gasteiger partial charge in [0, 0.05) is 11.1 Å². The number of aromatic nitrogens is 4. The number of aryl methyl sites for hydroxylation is 1. The third-order valence-electron chi connectivity index (χ3n) is 3.68. The second-order valence-electron chi connectivity index (χ2n) is 5.72. The molecule has 4 aromatic rings. The normalized spacial score (nSPS) is 10.7. The van der Waals surface area contributed by atoms with Gasteiger partial charge in [-0.25, -0.2) is 4.98 Å². The minimum atomic E-state index is 0.122. The van der Waals surface area contributed by atoms with Crippen molar-refractivity contribution in [1.29, 1.82) is 5.26 Å². The molecular formula is C17H14N8OS3. The fraction of sp³-hybridized carbons (Fsp3) is 0.0588. The van der Waals surface area contributed by atoms with Crippen molar-refractivity contribution in [2.75, 3.05) is 15.5 Å². The third-order valence-corrected chi connectivity index (χ3v) is 6.43. The number of nitriles is 1. The summed E-state index contributed by atoms with van der Waals surface area (Å²) >= 11 is 3.87. The predicted octanol–water partition coefficient (Wildman–Crippen LogP) is 4.28. The number of nitrogen functional groups attached to an aromatic ring is 1. The van der Waals surface area contributed by atoms with E-state index in [4.69, 9.17) is 11.0 Å². The first-order chi connectivity index (χ1) is 14.0. The average molecular weight is 443 g/mol. The van der Waals surface area contributed by atoms with Crippen LogP contribution in [0.2, 0.25) is 0 Å². The first-order valence-corrected chi connectivity index (χ1v) is 10.6. The second kappa shape index (κ2) is 8.10. The van der Waals surface area contributed by atoms with Gasteiger partial charge in [-0.2, -0.15) is 14.7 Å². The van der Waals surface area contributed by atoms with Gasteiger partial charge in [0.05, 0.1) is 27.2 Å². The molecule has 1 aromatic carbocycles. The number of rotatable bonds is 6. The van der Waals surface area contributed by atoms with Crippen LogP contribution in [0.25, 0.3) is 10.6 Å². The van der Waals surface area contributed by atoms with E-state index < -0.39 is 0 Å². The van der Waals surface area contributed by atoms with Crippen molar-refractivity contribution in [2.45, 2.75) is 6.92 Å². The summed E-state index contributed by atoms with van der Waals surface area (Å²) in [5.74, 6) is 0.398. The van der Waals surface area contributed by atoms with E-state index in [0.717, 1.165) is 32.2 Å². The minimum absolute atomic E-state index is 0.122. The summed E-state index contributed by atoms with van der Waals surface area (Å²) in [7, 11) is 0. The molecule has 9 nitrogen and oxygen atoms in total. The van der Waals surface area contributed by atoms with Crippen LogP contribution in [-0.4, -0.2) is 24.4 Å². The van der Waals surface area contributed by atoms with Gasteiger partial charge >= 0.3 is 0 Å². The highest BCUT2D eigenvalue weighted by atomic mass is 32.2. The molecule has 0 bridgehead atoms. The first-order valence-electron chi connectivity index (χ1n) is 8.21. The molecule has 0 aliphatic rings. The van der Waals surface area contributed by atoms with E-state index in [-0.39, 0.29) is 11.9 Å². The lowest BCUT2D eigenvalue weighted by Crippen LogP contribution is -2.11. The Morgan fingerprint density at radius 3 is 2.72 bits per heavy atom. The van der Waals surface area contributed by atoms with Crippen LogP contribution < -0.4 is 15.5 Å². The maximum Gasteiger partial charge on any atom is 0.249 e. The van der Waals surface area contributed by atoms with Gasteiger partial charge in [0.15, 0.2) is 0 Å². The van der Waals surface area contributed by atoms with Gasteiger partial charge in [-0.05, 0) is 43.3 Å². The molecule has 3 aromatic heterocycles. The topological polar surface area (TPSA) is 129 Å². The number of nitrogens with one attached hydrogen (secondary N) is 1. The Morgan fingerprint density at radius 2 is 2.03 bits per heavy atom. The molecule has 12 heteroatoms. The van der Waals surface area contributed by atoms with Gasteiger partial charge in [-0.15, -0.1) is 31.9 Å². The van der Waals surface area contributed by atoms with Gasteiger partial charge in [-0.1, -0.05) is 0 Å². The van der Waals surface area contributed by atoms with Crippen LogP contribution in [-0.2, 0) is 0 Å². The Balaban J connectivity index is 1.45. The summed E-state index contributed by atoms with van der Waals surface area (Å²) in [5, 5.41) is 30.1. The number of anilines is 4. The first kappa shape index (κ1) is 19.2. The van der Waals surface area contributed by atoms with Crippen molar-refractivity contribution in [3.63, 3.8) is 0 Å². The number of nitrogens with zero attached hydrogens (tertiary/aromatic N) is 6. The molecule has 146 valence electrons. The van der Waals surface area contributed by atoms with Gasteiger partial charge < -0.3 is 11.1 Å². The molecule has 0 radical (unpaired) electrons. The zero-order valence-corrected chi connectivity index (χ0v) is 17.4. The molecule has 0 unspecified atom stereocenters. The molecule has 4 rings (SSSR count). The molecule has 29 heavy (non-hydrogen) atoms. The van der Waals surface area contributed by atoms with Crippen LogP contribution in [0, 0.1) is 18.3 Å². The number of thiazole rings is 1. The molecule has 4 N–H and O–H groups in total. The average Bonchev–Trinajstić information content (AvgIpc) is 3.43. The molecule has 0 fully saturated rings. The minimum Gasteiger partial charge on any atom is -0.367 e. The maximum atomic E-state index is 10.4. The molecule has 0 amide bonds. The Morgan fingerprint density at radius 1 is 1.24 bits per heavy atom. The van der Waals surface area contributed by atoms with Crippen molar-refractivity contribution < 1.29 is 5.21 Å². The smallest absolute Gasteiger partial charge is 0.249 e. The Kier molecular flexibility index (Phi) is 5.36. The molecular weight excluding hydrogens is 428 g/mol. The molecule has 3 heterocycles. The Hall–Kier alpha value is -3.11. The number of benzene rings is 1. The zero-order chi connectivity index (χ0) is 20.4. The fourth-order valence-electron chi connectivity index (χ4n) is 2.34. The summed E-state index contributed by atoms with van der Waals surface area (Å²) in [6.07, 6.45) is 0. The van der Waals surface area contributed by atoms with E-state index >= 15 is 0 Å². The van der Waals surface area contributed by atoms with Crippen molar-refractivity contribution >= 4 is 57.4 Å². The summed E-state index contributed by atoms with van der Waals surface area (Å²) in [5.41, 5.74) is 8.07. The summed E-state index contributed by atoms with van der Waals surface area (Å²) < 4.78 is 2.28. The van der Waals surface area contributed by atoms with Crippen LogP contribution in [0.4, 0.5) is 22.6 Å². The van der Waals surface area contributed by atoms with Crippen molar-refractivity contribution in [3.05, 3.63) is 52.3 Å². The lowest BCUT2D eigenvalue weighted by Gasteiger charge is -2.11. The van der Waals surface area contributed by atoms with E-state index in [9.17, 15) is 5.21 Å². The van der Waals surface area contributed by atoms with Gasteiger partial charge in [0.1, 0.15) is 17.1 Å². The molecule has 0 spiro atoms. The number of hydrogen-bond acceptors (Lipinski definition) is 11. The van der Waals surface area contributed by atoms with Crippen LogP contribution in [0.15, 0.2) is 41.8 Å². The zero-order valence-electron chi connectivity index (χ0n) is 15.0. The Bertz CT molecular complexity index is 1170. The lowest BCUT2D eigenvalue weighted by molar-refractivity contribution is 0.333. The van der Waals surface area contributed by atoms with E-state index in [1.165, 1.54) is 15.4 Å². The third kappa shape index (κ3) is 4.33. The van der Waals surface area contributed by atoms with E-state index in [2.05, 4.69) is 26.5 Å². The molecule has 0 aliphatic heterocycles. The van der Waals surface area contributed by atoms with Crippen LogP contribution in [0.1, 0.15) is 10.6 Å². The molecule has 0 saturated heterocycles. The van der Waals surface area contributed by atoms with Crippen LogP contribution in [0.3, 0.4) is 0 Å². The predicted molar refractivity (Wildman–Crippen MR) is 116 cm³/mol. The standard InChI is InChI=1S/C17H14N8OS3/c1-10-20-13(9-27-10)14-6-7-15(28-14)25(26)29-24-16(19)22-17(23-24)21-12-4-2-11(8-18)3-5-12/h2-7,9,26H,1H3,(H3,19,21,22,23). The fourth-order valence-corrected chi connectivity index (χ4v) is 4.55. The highest BCUT2D eigenvalue weighted by Gasteiger charge is 2.15. The Labute approximate surface area is 178 Å². The number of hydrogen-bond donors (Lipinski definition) is 3. The van der Waals surface area contributed by atoms with Crippen molar-refractivity contribution in [3.8, 4) is 16.6 Å². The monoisotopic (exact) mass is 442 g/mol. The SMILES string of the molecule is Cc1nc(-c2ccc(N(O)Sn3nc(Nc4ccc(C#N)cc4)nc3N)s2)cs1. The molecule has 0 aliphatic carbocycles. The van der Waals surface area contributed by atoms with Crippen LogP contribution >= 0.6 is 34.8 Å². The quantitative estimate of drug-likeness (QED) is 0.296. The van der Waals surface area contributed by atoms with E-state index in [0.29, 0.717) is 16.3 Å².